The number of rotatable bonds is 4. The summed E-state index contributed by atoms with van der Waals surface area (Å²) in [4.78, 5) is 1.10. The molecule has 0 aliphatic heterocycles. The van der Waals surface area contributed by atoms with Crippen LogP contribution in [0.4, 0.5) is 4.39 Å². The third kappa shape index (κ3) is 3.34. The Balaban J connectivity index is 2.04. The van der Waals surface area contributed by atoms with Crippen LogP contribution in [0.3, 0.4) is 0 Å². The second kappa shape index (κ2) is 6.36. The first kappa shape index (κ1) is 13.6. The Morgan fingerprint density at radius 2 is 1.83 bits per heavy atom. The van der Waals surface area contributed by atoms with Gasteiger partial charge in [0.15, 0.2) is 0 Å². The molecule has 0 heterocycles. The Morgan fingerprint density at radius 3 is 2.50 bits per heavy atom. The molecule has 2 aromatic carbocycles. The van der Waals surface area contributed by atoms with Crippen molar-refractivity contribution in [2.24, 2.45) is 0 Å². The zero-order valence-electron chi connectivity index (χ0n) is 9.57. The van der Waals surface area contributed by atoms with E-state index in [4.69, 9.17) is 5.11 Å². The van der Waals surface area contributed by atoms with E-state index in [0.717, 1.165) is 16.0 Å². The van der Waals surface area contributed by atoms with Gasteiger partial charge in [0.05, 0.1) is 11.1 Å². The van der Waals surface area contributed by atoms with E-state index in [9.17, 15) is 4.39 Å². The normalized spacial score (nSPS) is 10.6. The van der Waals surface area contributed by atoms with Gasteiger partial charge in [0.25, 0.3) is 0 Å². The van der Waals surface area contributed by atoms with Crippen LogP contribution in [0.25, 0.3) is 0 Å². The highest BCUT2D eigenvalue weighted by Crippen LogP contribution is 2.28. The molecule has 0 radical (unpaired) electrons. The first-order valence-electron chi connectivity index (χ1n) is 5.46. The van der Waals surface area contributed by atoms with Crippen molar-refractivity contribution in [3.8, 4) is 0 Å². The van der Waals surface area contributed by atoms with E-state index in [1.807, 2.05) is 30.3 Å². The molecule has 0 aliphatic carbocycles. The van der Waals surface area contributed by atoms with Gasteiger partial charge in [0.1, 0.15) is 5.82 Å². The molecule has 1 nitrogen and oxygen atoms in total. The molecule has 0 atom stereocenters. The minimum Gasteiger partial charge on any atom is -0.392 e. The fraction of sp³-hybridized carbons (Fsp3) is 0.143. The number of thioether (sulfide) groups is 1. The van der Waals surface area contributed by atoms with E-state index in [1.54, 1.807) is 17.8 Å². The van der Waals surface area contributed by atoms with Gasteiger partial charge in [-0.25, -0.2) is 4.39 Å². The van der Waals surface area contributed by atoms with Crippen LogP contribution in [0.15, 0.2) is 51.8 Å². The molecule has 2 rings (SSSR count). The maximum Gasteiger partial charge on any atom is 0.137 e. The fourth-order valence-corrected chi connectivity index (χ4v) is 2.99. The second-order valence-corrected chi connectivity index (χ2v) is 5.65. The summed E-state index contributed by atoms with van der Waals surface area (Å²) in [5.41, 5.74) is 1.83. The van der Waals surface area contributed by atoms with Crippen molar-refractivity contribution in [2.45, 2.75) is 17.3 Å². The molecular formula is C14H12BrFOS. The summed E-state index contributed by atoms with van der Waals surface area (Å²) in [6, 6.07) is 12.8. The van der Waals surface area contributed by atoms with Crippen LogP contribution in [0, 0.1) is 5.82 Å². The van der Waals surface area contributed by atoms with Crippen LogP contribution in [-0.4, -0.2) is 5.11 Å². The molecule has 94 valence electrons. The Labute approximate surface area is 118 Å². The predicted molar refractivity (Wildman–Crippen MR) is 76.0 cm³/mol. The van der Waals surface area contributed by atoms with Gasteiger partial charge in [0.2, 0.25) is 0 Å². The van der Waals surface area contributed by atoms with Gasteiger partial charge >= 0.3 is 0 Å². The number of hydrogen-bond acceptors (Lipinski definition) is 2. The van der Waals surface area contributed by atoms with Crippen molar-refractivity contribution in [1.29, 1.82) is 0 Å². The van der Waals surface area contributed by atoms with E-state index >= 15 is 0 Å². The molecule has 0 bridgehead atoms. The lowest BCUT2D eigenvalue weighted by atomic mass is 10.2. The van der Waals surface area contributed by atoms with E-state index in [1.165, 1.54) is 6.07 Å². The number of halogens is 2. The molecule has 18 heavy (non-hydrogen) atoms. The number of benzene rings is 2. The van der Waals surface area contributed by atoms with Crippen molar-refractivity contribution in [3.63, 3.8) is 0 Å². The van der Waals surface area contributed by atoms with Gasteiger partial charge in [-0.1, -0.05) is 24.3 Å². The smallest absolute Gasteiger partial charge is 0.137 e. The number of aliphatic hydroxyl groups excluding tert-OH is 1. The lowest BCUT2D eigenvalue weighted by Gasteiger charge is -2.06. The Hall–Kier alpha value is -0.840. The molecular weight excluding hydrogens is 315 g/mol. The topological polar surface area (TPSA) is 20.2 Å². The molecule has 2 aromatic rings. The Kier molecular flexibility index (Phi) is 4.80. The highest BCUT2D eigenvalue weighted by Gasteiger charge is 2.05. The minimum atomic E-state index is -0.233. The summed E-state index contributed by atoms with van der Waals surface area (Å²) in [6.45, 7) is 0.0559. The van der Waals surface area contributed by atoms with Crippen LogP contribution in [0.1, 0.15) is 11.1 Å². The van der Waals surface area contributed by atoms with Crippen LogP contribution < -0.4 is 0 Å². The van der Waals surface area contributed by atoms with Crippen molar-refractivity contribution in [3.05, 3.63) is 63.9 Å². The molecule has 0 spiro atoms. The average molecular weight is 327 g/mol. The SMILES string of the molecule is OCc1ccc(SCc2cccc(F)c2Br)cc1. The van der Waals surface area contributed by atoms with E-state index in [-0.39, 0.29) is 12.4 Å². The van der Waals surface area contributed by atoms with Crippen LogP contribution in [0.5, 0.6) is 0 Å². The molecule has 0 unspecified atom stereocenters. The summed E-state index contributed by atoms with van der Waals surface area (Å²) >= 11 is 4.89. The molecule has 0 fully saturated rings. The zero-order valence-corrected chi connectivity index (χ0v) is 12.0. The van der Waals surface area contributed by atoms with Gasteiger partial charge in [-0.05, 0) is 45.3 Å². The van der Waals surface area contributed by atoms with Crippen molar-refractivity contribution >= 4 is 27.7 Å². The first-order chi connectivity index (χ1) is 8.70. The quantitative estimate of drug-likeness (QED) is 0.842. The minimum absolute atomic E-state index is 0.0559. The summed E-state index contributed by atoms with van der Waals surface area (Å²) in [5.74, 6) is 0.473. The third-order valence-electron chi connectivity index (χ3n) is 2.53. The summed E-state index contributed by atoms with van der Waals surface area (Å²) < 4.78 is 13.9. The van der Waals surface area contributed by atoms with Crippen molar-refractivity contribution in [1.82, 2.24) is 0 Å². The number of hydrogen-bond donors (Lipinski definition) is 1. The summed E-state index contributed by atoms with van der Waals surface area (Å²) in [7, 11) is 0. The van der Waals surface area contributed by atoms with Gasteiger partial charge in [-0.15, -0.1) is 11.8 Å². The van der Waals surface area contributed by atoms with E-state index in [0.29, 0.717) is 10.2 Å². The molecule has 4 heteroatoms. The monoisotopic (exact) mass is 326 g/mol. The predicted octanol–water partition coefficient (Wildman–Crippen LogP) is 4.37. The van der Waals surface area contributed by atoms with Gasteiger partial charge in [-0.2, -0.15) is 0 Å². The fourth-order valence-electron chi connectivity index (χ4n) is 1.51. The van der Waals surface area contributed by atoms with E-state index < -0.39 is 0 Å². The Bertz CT molecular complexity index is 528. The maximum absolute atomic E-state index is 13.3. The lowest BCUT2D eigenvalue weighted by molar-refractivity contribution is 0.282. The number of aliphatic hydroxyl groups is 1. The highest BCUT2D eigenvalue weighted by molar-refractivity contribution is 9.10. The third-order valence-corrected chi connectivity index (χ3v) is 4.48. The van der Waals surface area contributed by atoms with E-state index in [2.05, 4.69) is 15.9 Å². The average Bonchev–Trinajstić information content (AvgIpc) is 2.41. The standard InChI is InChI=1S/C14H12BrFOS/c15-14-11(2-1-3-13(14)16)9-18-12-6-4-10(8-17)5-7-12/h1-7,17H,8-9H2. The van der Waals surface area contributed by atoms with Crippen LogP contribution in [0.2, 0.25) is 0 Å². The maximum atomic E-state index is 13.3. The van der Waals surface area contributed by atoms with Crippen LogP contribution >= 0.6 is 27.7 Å². The summed E-state index contributed by atoms with van der Waals surface area (Å²) in [6.07, 6.45) is 0. The van der Waals surface area contributed by atoms with Crippen molar-refractivity contribution in [2.75, 3.05) is 0 Å². The van der Waals surface area contributed by atoms with Gasteiger partial charge in [-0.3, -0.25) is 0 Å². The lowest BCUT2D eigenvalue weighted by Crippen LogP contribution is -1.87. The molecule has 0 aromatic heterocycles. The summed E-state index contributed by atoms with van der Waals surface area (Å²) in [5, 5.41) is 8.95. The molecule has 0 saturated heterocycles. The first-order valence-corrected chi connectivity index (χ1v) is 7.24. The molecule has 0 saturated carbocycles. The van der Waals surface area contributed by atoms with Gasteiger partial charge in [0, 0.05) is 10.6 Å². The molecule has 1 N–H and O–H groups in total. The second-order valence-electron chi connectivity index (χ2n) is 3.80. The Morgan fingerprint density at radius 1 is 1.11 bits per heavy atom. The van der Waals surface area contributed by atoms with Gasteiger partial charge < -0.3 is 5.11 Å². The van der Waals surface area contributed by atoms with Crippen LogP contribution in [-0.2, 0) is 12.4 Å². The molecule has 0 aliphatic rings. The molecule has 0 amide bonds. The highest BCUT2D eigenvalue weighted by atomic mass is 79.9. The largest absolute Gasteiger partial charge is 0.392 e. The van der Waals surface area contributed by atoms with Crippen molar-refractivity contribution < 1.29 is 9.50 Å². The zero-order chi connectivity index (χ0) is 13.0.